The molecule has 0 N–H and O–H groups in total. The summed E-state index contributed by atoms with van der Waals surface area (Å²) in [5.74, 6) is 2.33. The highest BCUT2D eigenvalue weighted by Gasteiger charge is 2.24. The normalized spacial score (nSPS) is 12.4. The van der Waals surface area contributed by atoms with Gasteiger partial charge in [-0.1, -0.05) is 345 Å². The van der Waals surface area contributed by atoms with Crippen molar-refractivity contribution in [1.29, 1.82) is 0 Å². The summed E-state index contributed by atoms with van der Waals surface area (Å²) in [6.45, 7) is 55.9. The van der Waals surface area contributed by atoms with E-state index >= 15 is 0 Å². The highest BCUT2D eigenvalue weighted by molar-refractivity contribution is 4.75. The second kappa shape index (κ2) is 70.6. The van der Waals surface area contributed by atoms with Crippen LogP contribution in [0.2, 0.25) is 0 Å². The molecule has 0 amide bonds. The Morgan fingerprint density at radius 1 is 0.207 bits per heavy atom. The highest BCUT2D eigenvalue weighted by atomic mass is 16.7. The molecule has 0 aliphatic rings. The zero-order valence-electron chi connectivity index (χ0n) is 68.1. The van der Waals surface area contributed by atoms with Crippen molar-refractivity contribution in [3.63, 3.8) is 0 Å². The Hall–Kier alpha value is -0.240. The van der Waals surface area contributed by atoms with Crippen LogP contribution in [-0.4, -0.2) is 58.5 Å². The van der Waals surface area contributed by atoms with Crippen molar-refractivity contribution < 1.29 is 28.4 Å². The first-order valence-electron chi connectivity index (χ1n) is 41.6. The fourth-order valence-electron chi connectivity index (χ4n) is 12.1. The average molecular weight is 1310 g/mol. The van der Waals surface area contributed by atoms with Gasteiger partial charge < -0.3 is 28.4 Å². The maximum atomic E-state index is 6.33. The van der Waals surface area contributed by atoms with Gasteiger partial charge in [0.2, 0.25) is 0 Å². The fraction of sp³-hybridized carbons (Fsp3) is 1.00. The van der Waals surface area contributed by atoms with Crippen molar-refractivity contribution in [1.82, 2.24) is 0 Å². The molecule has 0 aromatic heterocycles. The number of unbranched alkanes of at least 4 members (excludes halogenated alkanes) is 24. The van der Waals surface area contributed by atoms with Gasteiger partial charge in [-0.2, -0.15) is 0 Å². The molecule has 0 aliphatic heterocycles. The molecule has 0 fully saturated rings. The summed E-state index contributed by atoms with van der Waals surface area (Å²) in [4.78, 5) is 0. The first-order valence-corrected chi connectivity index (χ1v) is 41.6. The van der Waals surface area contributed by atoms with Gasteiger partial charge in [0.25, 0.3) is 0 Å². The van der Waals surface area contributed by atoms with E-state index in [1.807, 2.05) is 0 Å². The van der Waals surface area contributed by atoms with Crippen LogP contribution in [0.5, 0.6) is 0 Å². The van der Waals surface area contributed by atoms with Crippen LogP contribution >= 0.6 is 0 Å². The maximum absolute atomic E-state index is 6.33. The smallest absolute Gasteiger partial charge is 0.157 e. The van der Waals surface area contributed by atoms with Crippen molar-refractivity contribution in [3.05, 3.63) is 0 Å². The monoisotopic (exact) mass is 1310 g/mol. The molecule has 6 heteroatoms. The minimum absolute atomic E-state index is 0.00241. The largest absolute Gasteiger partial charge is 0.353 e. The van der Waals surface area contributed by atoms with Crippen LogP contribution in [0.1, 0.15) is 461 Å². The Kier molecular flexibility index (Phi) is 75.3. The highest BCUT2D eigenvalue weighted by Crippen LogP contribution is 2.35. The van der Waals surface area contributed by atoms with E-state index in [0.29, 0.717) is 33.5 Å². The lowest BCUT2D eigenvalue weighted by Crippen LogP contribution is -2.24. The third-order valence-electron chi connectivity index (χ3n) is 18.4. The minimum Gasteiger partial charge on any atom is -0.353 e. The van der Waals surface area contributed by atoms with Crippen LogP contribution < -0.4 is 0 Å². The van der Waals surface area contributed by atoms with Gasteiger partial charge in [0.05, 0.1) is 13.2 Å². The predicted octanol–water partition coefficient (Wildman–Crippen LogP) is 30.0. The molecule has 0 bridgehead atoms. The van der Waals surface area contributed by atoms with Gasteiger partial charge in [0.1, 0.15) is 0 Å². The molecule has 0 heterocycles. The van der Waals surface area contributed by atoms with Crippen LogP contribution in [0, 0.1) is 39.4 Å². The van der Waals surface area contributed by atoms with Crippen molar-refractivity contribution in [2.24, 2.45) is 39.4 Å². The van der Waals surface area contributed by atoms with Gasteiger partial charge >= 0.3 is 0 Å². The van der Waals surface area contributed by atoms with E-state index in [9.17, 15) is 0 Å². The first-order chi connectivity index (χ1) is 43.9. The third-order valence-corrected chi connectivity index (χ3v) is 18.4. The maximum Gasteiger partial charge on any atom is 0.157 e. The Balaban J connectivity index is -0.000000570. The molecule has 0 spiro atoms. The molecule has 0 aliphatic carbocycles. The summed E-state index contributed by atoms with van der Waals surface area (Å²) < 4.78 is 36.5. The SMILES string of the molecule is CCCC(CCC)COC(CCCCC(C)(C)C)OCC(CCC)CCC.CCCCCCCCC(CCCCCCCC)C(C)(C)C.CCCCCCCCOC(CCCCC(C)(C)C)OCCCCCCCC.CCCCOC(CCC(C)(C)C)OCCCC. The van der Waals surface area contributed by atoms with Crippen LogP contribution in [0.3, 0.4) is 0 Å². The summed E-state index contributed by atoms with van der Waals surface area (Å²) in [5.41, 5.74) is 1.74. The lowest BCUT2D eigenvalue weighted by Gasteiger charge is -2.31. The minimum atomic E-state index is -0.00241. The molecule has 0 saturated heterocycles. The zero-order valence-corrected chi connectivity index (χ0v) is 68.1. The van der Waals surface area contributed by atoms with Crippen molar-refractivity contribution in [2.75, 3.05) is 39.6 Å². The summed E-state index contributed by atoms with van der Waals surface area (Å²) in [7, 11) is 0. The van der Waals surface area contributed by atoms with E-state index in [0.717, 1.165) is 84.1 Å². The van der Waals surface area contributed by atoms with Crippen molar-refractivity contribution in [3.8, 4) is 0 Å². The number of hydrogen-bond donors (Lipinski definition) is 0. The third kappa shape index (κ3) is 80.4. The molecule has 0 unspecified atom stereocenters. The Bertz CT molecular complexity index is 1280. The second-order valence-electron chi connectivity index (χ2n) is 33.5. The van der Waals surface area contributed by atoms with E-state index in [2.05, 4.69) is 152 Å². The van der Waals surface area contributed by atoms with Gasteiger partial charge in [-0.15, -0.1) is 0 Å². The van der Waals surface area contributed by atoms with Crippen LogP contribution in [0.25, 0.3) is 0 Å². The molecule has 0 saturated carbocycles. The standard InChI is InChI=1S/2C25H52O2.C21H44.C15H32O2/c1-8-14-22(15-9-2)20-26-24(18-12-13-19-25(5,6)7)27-21-23(16-10-3)17-11-4;1-6-8-10-12-14-18-22-26-24(20-16-17-21-25(3,4)5)27-23-19-15-13-11-9-7-2;1-6-8-10-12-14-16-18-20(21(3,4)5)19-17-15-13-11-9-7-2;1-6-8-12-16-14(17-13-9-7-2)10-11-15(3,4)5/h22-24H,8-21H2,1-7H3;24H,6-23H2,1-5H3;20H,6-19H2,1-5H3;14H,6-13H2,1-5H3. The predicted molar refractivity (Wildman–Crippen MR) is 414 cm³/mol. The molecule has 6 nitrogen and oxygen atoms in total. The lowest BCUT2D eigenvalue weighted by molar-refractivity contribution is -0.162. The van der Waals surface area contributed by atoms with E-state index in [1.54, 1.807) is 0 Å². The Morgan fingerprint density at radius 2 is 0.457 bits per heavy atom. The Labute approximate surface area is 583 Å². The lowest BCUT2D eigenvalue weighted by atomic mass is 9.75. The van der Waals surface area contributed by atoms with Crippen LogP contribution in [0.15, 0.2) is 0 Å². The average Bonchev–Trinajstić information content (AvgIpc) is 3.70. The first kappa shape index (κ1) is 98.1. The van der Waals surface area contributed by atoms with Crippen molar-refractivity contribution in [2.45, 2.75) is 479 Å². The quantitative estimate of drug-likeness (QED) is 0.0447. The molecule has 0 aromatic rings. The molecule has 0 atom stereocenters. The number of hydrogen-bond acceptors (Lipinski definition) is 6. The van der Waals surface area contributed by atoms with Crippen LogP contribution in [-0.2, 0) is 28.4 Å². The molecule has 0 radical (unpaired) electrons. The van der Waals surface area contributed by atoms with Crippen molar-refractivity contribution >= 4 is 0 Å². The fourth-order valence-corrected chi connectivity index (χ4v) is 12.1. The zero-order chi connectivity index (χ0) is 69.9. The van der Waals surface area contributed by atoms with Crippen LogP contribution in [0.4, 0.5) is 0 Å². The number of ether oxygens (including phenoxy) is 6. The van der Waals surface area contributed by atoms with Gasteiger partial charge in [-0.25, -0.2) is 0 Å². The van der Waals surface area contributed by atoms with Gasteiger partial charge in [-0.05, 0) is 155 Å². The van der Waals surface area contributed by atoms with E-state index in [1.165, 1.54) is 270 Å². The topological polar surface area (TPSA) is 55.4 Å². The molecule has 560 valence electrons. The van der Waals surface area contributed by atoms with E-state index in [-0.39, 0.29) is 18.9 Å². The molecule has 92 heavy (non-hydrogen) atoms. The second-order valence-corrected chi connectivity index (χ2v) is 33.5. The van der Waals surface area contributed by atoms with Gasteiger partial charge in [0.15, 0.2) is 18.9 Å². The van der Waals surface area contributed by atoms with E-state index in [4.69, 9.17) is 28.4 Å². The summed E-state index contributed by atoms with van der Waals surface area (Å²) in [6.07, 6.45) is 62.6. The molecule has 0 rings (SSSR count). The summed E-state index contributed by atoms with van der Waals surface area (Å²) in [6, 6.07) is 0. The van der Waals surface area contributed by atoms with E-state index < -0.39 is 0 Å². The molecule has 0 aromatic carbocycles. The summed E-state index contributed by atoms with van der Waals surface area (Å²) in [5, 5.41) is 0. The van der Waals surface area contributed by atoms with Gasteiger partial charge in [-0.3, -0.25) is 0 Å². The van der Waals surface area contributed by atoms with Gasteiger partial charge in [0, 0.05) is 26.4 Å². The Morgan fingerprint density at radius 3 is 0.739 bits per heavy atom. The molecular weight excluding hydrogens is 1130 g/mol. The number of rotatable bonds is 62. The summed E-state index contributed by atoms with van der Waals surface area (Å²) >= 11 is 0. The molecular formula is C86H180O6.